The molecule has 1 heterocycles. The number of benzene rings is 1. The number of rotatable bonds is 6. The second-order valence-corrected chi connectivity index (χ2v) is 12.0. The van der Waals surface area contributed by atoms with E-state index in [4.69, 9.17) is 10.5 Å². The van der Waals surface area contributed by atoms with Crippen molar-refractivity contribution in [1.29, 1.82) is 0 Å². The van der Waals surface area contributed by atoms with Gasteiger partial charge in [-0.3, -0.25) is 0 Å². The number of nitrogens with one attached hydrogen (secondary N) is 1. The van der Waals surface area contributed by atoms with Crippen molar-refractivity contribution in [3.05, 3.63) is 24.0 Å². The zero-order valence-electron chi connectivity index (χ0n) is 14.2. The second-order valence-electron chi connectivity index (χ2n) is 6.40. The molecule has 1 aromatic carbocycles. The van der Waals surface area contributed by atoms with E-state index in [9.17, 15) is 14.0 Å². The van der Waals surface area contributed by atoms with E-state index in [0.29, 0.717) is 30.1 Å². The molecule has 1 unspecified atom stereocenters. The first kappa shape index (κ1) is 18.4. The number of carbonyl (C=O) groups is 2. The van der Waals surface area contributed by atoms with Crippen LogP contribution >= 0.6 is 0 Å². The number of carbonyl (C=O) groups excluding carboxylic acids is 2. The monoisotopic (exact) mass is 411 g/mol. The van der Waals surface area contributed by atoms with Crippen molar-refractivity contribution in [2.24, 2.45) is 5.73 Å². The molecule has 2 aliphatic rings. The van der Waals surface area contributed by atoms with Crippen LogP contribution in [0, 0.1) is 5.82 Å². The van der Waals surface area contributed by atoms with Crippen molar-refractivity contribution in [3.8, 4) is 0 Å². The van der Waals surface area contributed by atoms with Gasteiger partial charge in [-0.15, -0.1) is 0 Å². The summed E-state index contributed by atoms with van der Waals surface area (Å²) in [5.74, 6) is -0.941. The molecule has 0 bridgehead atoms. The maximum atomic E-state index is 14.4. The number of morpholine rings is 1. The van der Waals surface area contributed by atoms with Gasteiger partial charge in [-0.05, 0) is 0 Å². The van der Waals surface area contributed by atoms with Crippen molar-refractivity contribution in [1.82, 2.24) is 0 Å². The zero-order valence-corrected chi connectivity index (χ0v) is 16.1. The second kappa shape index (κ2) is 7.85. The molecule has 0 radical (unpaired) electrons. The Morgan fingerprint density at radius 2 is 2.28 bits per heavy atom. The summed E-state index contributed by atoms with van der Waals surface area (Å²) in [5.41, 5.74) is 8.57. The SMILES string of the molecule is C[As](C1CC1)[C@@H](CN)C(=O)Nc1ccc(N2CCOCC2=O)cc1F. The first-order valence-electron chi connectivity index (χ1n) is 8.41. The summed E-state index contributed by atoms with van der Waals surface area (Å²) in [6, 6.07) is 4.42. The number of nitrogens with zero attached hydrogens (tertiary/aromatic N) is 1. The van der Waals surface area contributed by atoms with Gasteiger partial charge in [-0.2, -0.15) is 0 Å². The Morgan fingerprint density at radius 1 is 1.52 bits per heavy atom. The standard InChI is InChI=1S/C17H23AsFN3O3/c1-18(11-2-3-11)13(9-20)17(24)21-15-5-4-12(8-14(15)19)22-6-7-25-10-16(22)23/h4-5,8,11,13H,2-3,6-7,9-10,20H2,1H3,(H,21,24)/t13-,18?/m0/s1. The normalized spacial score (nSPS) is 20.3. The van der Waals surface area contributed by atoms with E-state index in [1.165, 1.54) is 29.9 Å². The molecule has 1 aliphatic heterocycles. The van der Waals surface area contributed by atoms with Crippen LogP contribution in [0.2, 0.25) is 15.1 Å². The van der Waals surface area contributed by atoms with E-state index in [1.54, 1.807) is 6.07 Å². The Labute approximate surface area is 151 Å². The summed E-state index contributed by atoms with van der Waals surface area (Å²) in [5, 5.41) is 2.68. The predicted molar refractivity (Wildman–Crippen MR) is 95.6 cm³/mol. The topological polar surface area (TPSA) is 84.7 Å². The number of anilines is 2. The molecule has 0 spiro atoms. The summed E-state index contributed by atoms with van der Waals surface area (Å²) >= 11 is -1.33. The molecule has 3 rings (SSSR count). The number of hydrogen-bond donors (Lipinski definition) is 2. The zero-order chi connectivity index (χ0) is 18.0. The number of hydrogen-bond acceptors (Lipinski definition) is 4. The van der Waals surface area contributed by atoms with Gasteiger partial charge >= 0.3 is 151 Å². The number of ether oxygens (including phenoxy) is 1. The molecule has 25 heavy (non-hydrogen) atoms. The molecule has 136 valence electrons. The van der Waals surface area contributed by atoms with E-state index in [1.807, 2.05) is 0 Å². The maximum absolute atomic E-state index is 14.4. The van der Waals surface area contributed by atoms with Crippen molar-refractivity contribution >= 4 is 37.8 Å². The van der Waals surface area contributed by atoms with Crippen LogP contribution in [0.25, 0.3) is 0 Å². The summed E-state index contributed by atoms with van der Waals surface area (Å²) < 4.78 is 20.0. The Balaban J connectivity index is 1.70. The number of amides is 2. The predicted octanol–water partition coefficient (Wildman–Crippen LogP) is 1.74. The molecule has 1 aliphatic carbocycles. The third-order valence-electron chi connectivity index (χ3n) is 4.65. The van der Waals surface area contributed by atoms with Crippen LogP contribution in [0.5, 0.6) is 0 Å². The minimum atomic E-state index is -1.33. The van der Waals surface area contributed by atoms with Crippen molar-refractivity contribution in [2.45, 2.75) is 28.0 Å². The molecular weight excluding hydrogens is 388 g/mol. The first-order valence-corrected chi connectivity index (χ1v) is 12.5. The Morgan fingerprint density at radius 3 is 2.88 bits per heavy atom. The van der Waals surface area contributed by atoms with Crippen LogP contribution < -0.4 is 16.0 Å². The van der Waals surface area contributed by atoms with Crippen LogP contribution in [-0.2, 0) is 14.3 Å². The molecule has 1 saturated carbocycles. The summed E-state index contributed by atoms with van der Waals surface area (Å²) in [6.45, 7) is 1.13. The number of nitrogens with two attached hydrogens (primary N) is 1. The average molecular weight is 411 g/mol. The van der Waals surface area contributed by atoms with Gasteiger partial charge < -0.3 is 0 Å². The molecule has 1 saturated heterocycles. The molecule has 3 N–H and O–H groups in total. The van der Waals surface area contributed by atoms with Gasteiger partial charge in [0, 0.05) is 0 Å². The van der Waals surface area contributed by atoms with Gasteiger partial charge in [0.05, 0.1) is 0 Å². The van der Waals surface area contributed by atoms with Gasteiger partial charge in [0.1, 0.15) is 0 Å². The first-order chi connectivity index (χ1) is 12.0. The Bertz CT molecular complexity index is 669. The van der Waals surface area contributed by atoms with Crippen molar-refractivity contribution < 1.29 is 18.7 Å². The molecular formula is C17H23AsFN3O3. The van der Waals surface area contributed by atoms with Crippen molar-refractivity contribution in [2.75, 3.05) is 36.5 Å². The molecule has 2 fully saturated rings. The van der Waals surface area contributed by atoms with Gasteiger partial charge in [0.2, 0.25) is 0 Å². The third kappa shape index (κ3) is 4.22. The fraction of sp³-hybridized carbons (Fsp3) is 0.529. The van der Waals surface area contributed by atoms with Gasteiger partial charge in [-0.25, -0.2) is 0 Å². The van der Waals surface area contributed by atoms with E-state index in [-0.39, 0.29) is 28.8 Å². The molecule has 6 nitrogen and oxygen atoms in total. The van der Waals surface area contributed by atoms with Crippen LogP contribution in [0.3, 0.4) is 0 Å². The van der Waals surface area contributed by atoms with E-state index in [2.05, 4.69) is 11.0 Å². The number of halogens is 1. The van der Waals surface area contributed by atoms with Crippen LogP contribution in [-0.4, -0.2) is 52.8 Å². The summed E-state index contributed by atoms with van der Waals surface area (Å²) in [7, 11) is 0. The molecule has 0 aromatic heterocycles. The molecule has 2 atom stereocenters. The summed E-state index contributed by atoms with van der Waals surface area (Å²) in [4.78, 5) is 25.8. The Hall–Kier alpha value is -1.43. The van der Waals surface area contributed by atoms with E-state index in [0.717, 1.165) is 0 Å². The third-order valence-corrected chi connectivity index (χ3v) is 11.1. The molecule has 8 heteroatoms. The van der Waals surface area contributed by atoms with Gasteiger partial charge in [-0.1, -0.05) is 0 Å². The fourth-order valence-corrected chi connectivity index (χ4v) is 7.67. The van der Waals surface area contributed by atoms with E-state index < -0.39 is 20.5 Å². The fourth-order valence-electron chi connectivity index (χ4n) is 2.97. The Kier molecular flexibility index (Phi) is 5.77. The molecule has 2 amide bonds. The molecule has 1 aromatic rings. The van der Waals surface area contributed by atoms with Gasteiger partial charge in [0.15, 0.2) is 0 Å². The summed E-state index contributed by atoms with van der Waals surface area (Å²) in [6.07, 6.45) is 2.38. The minimum absolute atomic E-state index is 0.00218. The van der Waals surface area contributed by atoms with E-state index >= 15 is 0 Å². The van der Waals surface area contributed by atoms with Crippen LogP contribution in [0.15, 0.2) is 18.2 Å². The quantitative estimate of drug-likeness (QED) is 0.699. The van der Waals surface area contributed by atoms with Gasteiger partial charge in [0.25, 0.3) is 0 Å². The average Bonchev–Trinajstić information content (AvgIpc) is 3.43. The van der Waals surface area contributed by atoms with Crippen molar-refractivity contribution in [3.63, 3.8) is 0 Å². The van der Waals surface area contributed by atoms with Crippen LogP contribution in [0.4, 0.5) is 15.8 Å². The van der Waals surface area contributed by atoms with Crippen LogP contribution in [0.1, 0.15) is 12.8 Å².